The van der Waals surface area contributed by atoms with E-state index < -0.39 is 0 Å². The molecule has 0 atom stereocenters. The summed E-state index contributed by atoms with van der Waals surface area (Å²) in [7, 11) is 0. The maximum atomic E-state index is 5.47. The van der Waals surface area contributed by atoms with Gasteiger partial charge in [0.15, 0.2) is 17.5 Å². The number of nitrogens with zero attached hydrogens (tertiary/aromatic N) is 4. The first-order valence-corrected chi connectivity index (χ1v) is 20.8. The smallest absolute Gasteiger partial charge is 0.166 e. The van der Waals surface area contributed by atoms with E-state index in [-0.39, 0.29) is 5.41 Å². The van der Waals surface area contributed by atoms with Crippen LogP contribution in [-0.2, 0) is 5.41 Å². The minimum Gasteiger partial charge on any atom is -0.309 e. The molecule has 0 unspecified atom stereocenters. The van der Waals surface area contributed by atoms with E-state index in [2.05, 4.69) is 162 Å². The van der Waals surface area contributed by atoms with Gasteiger partial charge in [-0.05, 0) is 119 Å². The third-order valence-electron chi connectivity index (χ3n) is 14.4. The molecule has 14 rings (SSSR count). The second-order valence-corrected chi connectivity index (χ2v) is 17.2. The van der Waals surface area contributed by atoms with Gasteiger partial charge in [-0.25, -0.2) is 15.0 Å². The fraction of sp³-hybridized carbons (Fsp3) is 0.189. The largest absolute Gasteiger partial charge is 0.309 e. The van der Waals surface area contributed by atoms with Crippen molar-refractivity contribution in [2.45, 2.75) is 37.5 Å². The van der Waals surface area contributed by atoms with Gasteiger partial charge in [-0.1, -0.05) is 127 Å². The maximum Gasteiger partial charge on any atom is 0.166 e. The van der Waals surface area contributed by atoms with Crippen LogP contribution in [0.1, 0.15) is 43.2 Å². The third kappa shape index (κ3) is 4.41. The Morgan fingerprint density at radius 2 is 1.09 bits per heavy atom. The quantitative estimate of drug-likeness (QED) is 0.181. The summed E-state index contributed by atoms with van der Waals surface area (Å²) in [5.74, 6) is 5.15. The summed E-state index contributed by atoms with van der Waals surface area (Å²) in [6.07, 6.45) is 6.80. The molecule has 0 aliphatic heterocycles. The molecule has 272 valence electrons. The van der Waals surface area contributed by atoms with Crippen molar-refractivity contribution < 1.29 is 0 Å². The second-order valence-electron chi connectivity index (χ2n) is 17.2. The van der Waals surface area contributed by atoms with Crippen LogP contribution in [0.3, 0.4) is 0 Å². The molecule has 4 nitrogen and oxygen atoms in total. The van der Waals surface area contributed by atoms with Crippen molar-refractivity contribution in [3.63, 3.8) is 0 Å². The third-order valence-corrected chi connectivity index (χ3v) is 14.4. The number of fused-ring (bicyclic) bond motifs is 8. The Labute approximate surface area is 331 Å². The molecule has 0 radical (unpaired) electrons. The van der Waals surface area contributed by atoms with E-state index >= 15 is 0 Å². The van der Waals surface area contributed by atoms with Crippen LogP contribution < -0.4 is 0 Å². The van der Waals surface area contributed by atoms with Gasteiger partial charge in [0.2, 0.25) is 0 Å². The lowest BCUT2D eigenvalue weighted by atomic mass is 9.43. The fourth-order valence-corrected chi connectivity index (χ4v) is 12.5. The number of aromatic nitrogens is 4. The van der Waals surface area contributed by atoms with Gasteiger partial charge in [-0.2, -0.15) is 0 Å². The minimum absolute atomic E-state index is 0.00922. The SMILES string of the molecule is c1ccc(-c2nc(-c3ccc4c(c3)C3(c5c-4ccc4ccccc54)C4CC5CC(C4)CC3C5)nc(-c3cccc4c5ccccc5n(-c5ccccc5)c34)n2)cc1. The predicted molar refractivity (Wildman–Crippen MR) is 231 cm³/mol. The molecule has 0 amide bonds. The summed E-state index contributed by atoms with van der Waals surface area (Å²) in [6.45, 7) is 0. The van der Waals surface area contributed by atoms with E-state index in [1.165, 1.54) is 70.3 Å². The lowest BCUT2D eigenvalue weighted by Gasteiger charge is -2.61. The molecule has 9 aromatic rings. The first-order chi connectivity index (χ1) is 28.2. The van der Waals surface area contributed by atoms with Gasteiger partial charge >= 0.3 is 0 Å². The summed E-state index contributed by atoms with van der Waals surface area (Å²) in [4.78, 5) is 16.1. The Morgan fingerprint density at radius 3 is 1.88 bits per heavy atom. The topological polar surface area (TPSA) is 43.6 Å². The molecule has 1 spiro atoms. The van der Waals surface area contributed by atoms with Gasteiger partial charge in [-0.15, -0.1) is 0 Å². The highest BCUT2D eigenvalue weighted by molar-refractivity contribution is 6.13. The number of hydrogen-bond donors (Lipinski definition) is 0. The normalized spacial score (nSPS) is 22.8. The predicted octanol–water partition coefficient (Wildman–Crippen LogP) is 12.8. The number of rotatable bonds is 4. The van der Waals surface area contributed by atoms with E-state index in [9.17, 15) is 0 Å². The molecule has 5 aliphatic rings. The first-order valence-electron chi connectivity index (χ1n) is 20.8. The van der Waals surface area contributed by atoms with Crippen LogP contribution in [0.4, 0.5) is 0 Å². The summed E-state index contributed by atoms with van der Waals surface area (Å²) in [6, 6.07) is 57.4. The zero-order chi connectivity index (χ0) is 37.2. The van der Waals surface area contributed by atoms with E-state index in [4.69, 9.17) is 15.0 Å². The van der Waals surface area contributed by atoms with Crippen molar-refractivity contribution in [1.29, 1.82) is 0 Å². The van der Waals surface area contributed by atoms with Crippen molar-refractivity contribution in [3.05, 3.63) is 169 Å². The molecule has 2 aromatic heterocycles. The molecule has 4 fully saturated rings. The van der Waals surface area contributed by atoms with Crippen LogP contribution in [0.2, 0.25) is 0 Å². The zero-order valence-electron chi connectivity index (χ0n) is 31.6. The summed E-state index contributed by atoms with van der Waals surface area (Å²) < 4.78 is 2.37. The molecule has 4 saturated carbocycles. The summed E-state index contributed by atoms with van der Waals surface area (Å²) in [5.41, 5.74) is 12.4. The van der Waals surface area contributed by atoms with Crippen LogP contribution in [-0.4, -0.2) is 19.5 Å². The van der Waals surface area contributed by atoms with Crippen LogP contribution in [0.15, 0.2) is 158 Å². The Bertz CT molecular complexity index is 3060. The highest BCUT2D eigenvalue weighted by atomic mass is 15.0. The Balaban J connectivity index is 1.06. The van der Waals surface area contributed by atoms with Gasteiger partial charge in [0.05, 0.1) is 11.0 Å². The molecule has 4 bridgehead atoms. The zero-order valence-corrected chi connectivity index (χ0v) is 31.6. The second kappa shape index (κ2) is 11.8. The van der Waals surface area contributed by atoms with Crippen molar-refractivity contribution in [2.75, 3.05) is 0 Å². The Kier molecular flexibility index (Phi) is 6.59. The molecular weight excluding hydrogens is 693 g/mol. The van der Waals surface area contributed by atoms with Crippen LogP contribution in [0.25, 0.3) is 83.6 Å². The van der Waals surface area contributed by atoms with Gasteiger partial charge in [-0.3, -0.25) is 0 Å². The van der Waals surface area contributed by atoms with Crippen molar-refractivity contribution in [2.24, 2.45) is 23.7 Å². The van der Waals surface area contributed by atoms with E-state index in [0.717, 1.165) is 51.1 Å². The van der Waals surface area contributed by atoms with Crippen molar-refractivity contribution in [3.8, 4) is 51.0 Å². The average Bonchev–Trinajstić information content (AvgIpc) is 3.77. The molecule has 2 heterocycles. The van der Waals surface area contributed by atoms with E-state index in [1.807, 2.05) is 0 Å². The average molecular weight is 733 g/mol. The lowest BCUT2D eigenvalue weighted by Crippen LogP contribution is -2.55. The van der Waals surface area contributed by atoms with Crippen molar-refractivity contribution in [1.82, 2.24) is 19.5 Å². The Morgan fingerprint density at radius 1 is 0.456 bits per heavy atom. The first kappa shape index (κ1) is 31.8. The Hall–Kier alpha value is -6.39. The molecule has 7 aromatic carbocycles. The maximum absolute atomic E-state index is 5.47. The highest BCUT2D eigenvalue weighted by Crippen LogP contribution is 2.70. The molecule has 0 N–H and O–H groups in total. The van der Waals surface area contributed by atoms with Crippen molar-refractivity contribution >= 4 is 32.6 Å². The van der Waals surface area contributed by atoms with Gasteiger partial charge in [0, 0.05) is 38.6 Å². The van der Waals surface area contributed by atoms with Gasteiger partial charge < -0.3 is 4.57 Å². The lowest BCUT2D eigenvalue weighted by molar-refractivity contribution is -0.0393. The van der Waals surface area contributed by atoms with Crippen LogP contribution in [0, 0.1) is 23.7 Å². The number of para-hydroxylation sites is 3. The molecule has 57 heavy (non-hydrogen) atoms. The van der Waals surface area contributed by atoms with Gasteiger partial charge in [0.1, 0.15) is 0 Å². The monoisotopic (exact) mass is 732 g/mol. The number of benzene rings is 7. The molecular formula is C53H40N4. The summed E-state index contributed by atoms with van der Waals surface area (Å²) in [5, 5.41) is 5.19. The minimum atomic E-state index is 0.00922. The highest BCUT2D eigenvalue weighted by Gasteiger charge is 2.62. The van der Waals surface area contributed by atoms with E-state index in [0.29, 0.717) is 23.5 Å². The molecule has 4 heteroatoms. The van der Waals surface area contributed by atoms with Crippen LogP contribution in [0.5, 0.6) is 0 Å². The fourth-order valence-electron chi connectivity index (χ4n) is 12.5. The van der Waals surface area contributed by atoms with E-state index in [1.54, 1.807) is 5.56 Å². The molecule has 0 saturated heterocycles. The standard InChI is InChI=1S/C53H40N4/c1-3-13-35(14-4-1)50-54-51(56-52(55-50)45-20-11-19-44-42-18-9-10-21-47(42)57(49(44)45)39-15-5-2-6-16-39)36-23-24-41-43-25-22-34-12-7-8-17-40(34)48(43)53(46(41)31-36)37-27-32-26-33(29-37)30-38(53)28-32/h1-25,31-33,37-38H,26-30H2. The summed E-state index contributed by atoms with van der Waals surface area (Å²) >= 11 is 0. The molecule has 5 aliphatic carbocycles. The number of hydrogen-bond acceptors (Lipinski definition) is 3. The van der Waals surface area contributed by atoms with Gasteiger partial charge in [0.25, 0.3) is 0 Å². The van der Waals surface area contributed by atoms with Crippen LogP contribution >= 0.6 is 0 Å².